The van der Waals surface area contributed by atoms with E-state index in [-0.39, 0.29) is 5.91 Å². The molecule has 0 aliphatic carbocycles. The van der Waals surface area contributed by atoms with Gasteiger partial charge in [-0.2, -0.15) is 0 Å². The van der Waals surface area contributed by atoms with Gasteiger partial charge in [-0.1, -0.05) is 18.2 Å². The molecule has 2 aromatic carbocycles. The number of para-hydroxylation sites is 1. The Morgan fingerprint density at radius 2 is 1.77 bits per heavy atom. The van der Waals surface area contributed by atoms with E-state index < -0.39 is 16.1 Å². The van der Waals surface area contributed by atoms with Crippen LogP contribution in [0.25, 0.3) is 0 Å². The number of aryl methyl sites for hydroxylation is 2. The third-order valence-electron chi connectivity index (χ3n) is 4.20. The van der Waals surface area contributed by atoms with Crippen molar-refractivity contribution in [2.75, 3.05) is 22.1 Å². The molecule has 0 spiro atoms. The molecule has 0 radical (unpaired) electrons. The standard InChI is InChI=1S/C19H24N2O3S2/c1-13-10-11-16(12-14(13)2)21(26(5,23)24)15(3)19(22)20-17-8-6-7-9-18(17)25-4/h6-12,15H,1-5H3,(H,20,22)/t15-/m1/s1. The van der Waals surface area contributed by atoms with Crippen LogP contribution >= 0.6 is 11.8 Å². The summed E-state index contributed by atoms with van der Waals surface area (Å²) in [6.45, 7) is 5.46. The maximum atomic E-state index is 12.8. The lowest BCUT2D eigenvalue weighted by Gasteiger charge is -2.29. The number of carbonyl (C=O) groups excluding carboxylic acids is 1. The fourth-order valence-electron chi connectivity index (χ4n) is 2.66. The van der Waals surface area contributed by atoms with Crippen LogP contribution in [0.2, 0.25) is 0 Å². The minimum atomic E-state index is -3.63. The van der Waals surface area contributed by atoms with Crippen LogP contribution in [0, 0.1) is 13.8 Å². The zero-order valence-electron chi connectivity index (χ0n) is 15.6. The molecule has 0 aliphatic rings. The molecule has 1 N–H and O–H groups in total. The van der Waals surface area contributed by atoms with E-state index >= 15 is 0 Å². The predicted molar refractivity (Wildman–Crippen MR) is 110 cm³/mol. The Kier molecular flexibility index (Phi) is 6.36. The lowest BCUT2D eigenvalue weighted by atomic mass is 10.1. The first-order valence-corrected chi connectivity index (χ1v) is 11.2. The molecule has 0 heterocycles. The van der Waals surface area contributed by atoms with E-state index in [0.29, 0.717) is 11.4 Å². The molecule has 140 valence electrons. The molecule has 0 unspecified atom stereocenters. The van der Waals surface area contributed by atoms with Crippen molar-refractivity contribution >= 4 is 39.1 Å². The fourth-order valence-corrected chi connectivity index (χ4v) is 4.38. The average molecular weight is 393 g/mol. The van der Waals surface area contributed by atoms with Gasteiger partial charge in [-0.3, -0.25) is 9.10 Å². The summed E-state index contributed by atoms with van der Waals surface area (Å²) in [5.74, 6) is -0.379. The Labute approximate surface area is 159 Å². The molecule has 26 heavy (non-hydrogen) atoms. The van der Waals surface area contributed by atoms with E-state index in [2.05, 4.69) is 5.32 Å². The molecular weight excluding hydrogens is 368 g/mol. The number of rotatable bonds is 6. The van der Waals surface area contributed by atoms with Crippen LogP contribution in [0.5, 0.6) is 0 Å². The largest absolute Gasteiger partial charge is 0.323 e. The second-order valence-corrected chi connectivity index (χ2v) is 8.90. The number of amides is 1. The summed E-state index contributed by atoms with van der Waals surface area (Å²) in [4.78, 5) is 13.7. The Morgan fingerprint density at radius 3 is 2.35 bits per heavy atom. The van der Waals surface area contributed by atoms with Gasteiger partial charge in [-0.15, -0.1) is 11.8 Å². The number of benzene rings is 2. The van der Waals surface area contributed by atoms with Crippen molar-refractivity contribution in [2.24, 2.45) is 0 Å². The first-order valence-electron chi connectivity index (χ1n) is 8.15. The van der Waals surface area contributed by atoms with Gasteiger partial charge in [-0.25, -0.2) is 8.42 Å². The smallest absolute Gasteiger partial charge is 0.248 e. The molecule has 0 saturated carbocycles. The zero-order chi connectivity index (χ0) is 19.5. The molecule has 5 nitrogen and oxygen atoms in total. The van der Waals surface area contributed by atoms with Crippen LogP contribution in [0.3, 0.4) is 0 Å². The van der Waals surface area contributed by atoms with Crippen molar-refractivity contribution in [3.05, 3.63) is 53.6 Å². The van der Waals surface area contributed by atoms with Crippen molar-refractivity contribution < 1.29 is 13.2 Å². The Morgan fingerprint density at radius 1 is 1.12 bits per heavy atom. The fraction of sp³-hybridized carbons (Fsp3) is 0.316. The molecule has 2 aromatic rings. The molecule has 2 rings (SSSR count). The van der Waals surface area contributed by atoms with Gasteiger partial charge >= 0.3 is 0 Å². The van der Waals surface area contributed by atoms with E-state index in [4.69, 9.17) is 0 Å². The van der Waals surface area contributed by atoms with Gasteiger partial charge in [0, 0.05) is 4.90 Å². The van der Waals surface area contributed by atoms with Crippen LogP contribution in [-0.4, -0.2) is 32.9 Å². The molecule has 0 aromatic heterocycles. The number of anilines is 2. The zero-order valence-corrected chi connectivity index (χ0v) is 17.2. The van der Waals surface area contributed by atoms with Gasteiger partial charge in [-0.05, 0) is 62.4 Å². The van der Waals surface area contributed by atoms with Crippen LogP contribution in [0.4, 0.5) is 11.4 Å². The van der Waals surface area contributed by atoms with E-state index in [1.165, 1.54) is 11.8 Å². The topological polar surface area (TPSA) is 66.5 Å². The number of thioether (sulfide) groups is 1. The second kappa shape index (κ2) is 8.14. The number of nitrogens with zero attached hydrogens (tertiary/aromatic N) is 1. The molecule has 0 aliphatic heterocycles. The van der Waals surface area contributed by atoms with E-state index in [1.54, 1.807) is 25.1 Å². The number of carbonyl (C=O) groups is 1. The van der Waals surface area contributed by atoms with Crippen molar-refractivity contribution in [3.8, 4) is 0 Å². The molecule has 0 bridgehead atoms. The summed E-state index contributed by atoms with van der Waals surface area (Å²) in [5, 5.41) is 2.84. The molecule has 0 saturated heterocycles. The van der Waals surface area contributed by atoms with Crippen molar-refractivity contribution in [1.29, 1.82) is 0 Å². The van der Waals surface area contributed by atoms with Gasteiger partial charge in [0.05, 0.1) is 17.6 Å². The van der Waals surface area contributed by atoms with E-state index in [9.17, 15) is 13.2 Å². The summed E-state index contributed by atoms with van der Waals surface area (Å²) >= 11 is 1.52. The first kappa shape index (κ1) is 20.3. The maximum Gasteiger partial charge on any atom is 0.248 e. The lowest BCUT2D eigenvalue weighted by Crippen LogP contribution is -2.45. The van der Waals surface area contributed by atoms with Crippen LogP contribution in [0.15, 0.2) is 47.4 Å². The van der Waals surface area contributed by atoms with Crippen LogP contribution in [0.1, 0.15) is 18.1 Å². The van der Waals surface area contributed by atoms with Crippen LogP contribution < -0.4 is 9.62 Å². The number of nitrogens with one attached hydrogen (secondary N) is 1. The number of sulfonamides is 1. The highest BCUT2D eigenvalue weighted by molar-refractivity contribution is 7.98. The molecule has 7 heteroatoms. The van der Waals surface area contributed by atoms with Crippen LogP contribution in [-0.2, 0) is 14.8 Å². The predicted octanol–water partition coefficient (Wildman–Crippen LogP) is 3.82. The summed E-state index contributed by atoms with van der Waals surface area (Å²) in [6.07, 6.45) is 3.04. The Balaban J connectivity index is 2.36. The highest BCUT2D eigenvalue weighted by Crippen LogP contribution is 2.27. The minimum Gasteiger partial charge on any atom is -0.323 e. The molecule has 1 amide bonds. The number of hydrogen-bond acceptors (Lipinski definition) is 4. The van der Waals surface area contributed by atoms with Gasteiger partial charge in [0.25, 0.3) is 0 Å². The van der Waals surface area contributed by atoms with E-state index in [1.807, 2.05) is 44.4 Å². The quantitative estimate of drug-likeness (QED) is 0.759. The van der Waals surface area contributed by atoms with Gasteiger partial charge in [0.2, 0.25) is 15.9 Å². The van der Waals surface area contributed by atoms with Crippen molar-refractivity contribution in [2.45, 2.75) is 31.7 Å². The highest BCUT2D eigenvalue weighted by atomic mass is 32.2. The normalized spacial score (nSPS) is 12.5. The lowest BCUT2D eigenvalue weighted by molar-refractivity contribution is -0.116. The Hall–Kier alpha value is -1.99. The van der Waals surface area contributed by atoms with Gasteiger partial charge in [0.15, 0.2) is 0 Å². The SMILES string of the molecule is CSc1ccccc1NC(=O)[C@@H](C)N(c1ccc(C)c(C)c1)S(C)(=O)=O. The number of hydrogen-bond donors (Lipinski definition) is 1. The third-order valence-corrected chi connectivity index (χ3v) is 6.24. The molecule has 1 atom stereocenters. The maximum absolute atomic E-state index is 12.8. The average Bonchev–Trinajstić information content (AvgIpc) is 2.57. The first-order chi connectivity index (χ1) is 12.1. The van der Waals surface area contributed by atoms with Crippen molar-refractivity contribution in [3.63, 3.8) is 0 Å². The monoisotopic (exact) mass is 392 g/mol. The highest BCUT2D eigenvalue weighted by Gasteiger charge is 2.29. The Bertz CT molecular complexity index is 911. The summed E-state index contributed by atoms with van der Waals surface area (Å²) in [7, 11) is -3.63. The summed E-state index contributed by atoms with van der Waals surface area (Å²) < 4.78 is 25.9. The minimum absolute atomic E-state index is 0.379. The molecular formula is C19H24N2O3S2. The third kappa shape index (κ3) is 4.59. The van der Waals surface area contributed by atoms with Gasteiger partial charge < -0.3 is 5.32 Å². The van der Waals surface area contributed by atoms with Crippen molar-refractivity contribution in [1.82, 2.24) is 0 Å². The van der Waals surface area contributed by atoms with E-state index in [0.717, 1.165) is 26.6 Å². The molecule has 0 fully saturated rings. The summed E-state index contributed by atoms with van der Waals surface area (Å²) in [6, 6.07) is 11.9. The second-order valence-electron chi connectivity index (χ2n) is 6.19. The summed E-state index contributed by atoms with van der Waals surface area (Å²) in [5.41, 5.74) is 3.19. The van der Waals surface area contributed by atoms with Gasteiger partial charge in [0.1, 0.15) is 6.04 Å².